The minimum atomic E-state index is -0.349. The Kier molecular flexibility index (Phi) is 3.92. The summed E-state index contributed by atoms with van der Waals surface area (Å²) in [7, 11) is 1.60. The highest BCUT2D eigenvalue weighted by Gasteiger charge is 2.19. The summed E-state index contributed by atoms with van der Waals surface area (Å²) in [5.74, 6) is 1.07. The molecule has 7 nitrogen and oxygen atoms in total. The van der Waals surface area contributed by atoms with Crippen LogP contribution in [-0.2, 0) is 0 Å². The van der Waals surface area contributed by atoms with E-state index in [-0.39, 0.29) is 11.7 Å². The van der Waals surface area contributed by atoms with E-state index in [1.165, 1.54) is 16.8 Å². The van der Waals surface area contributed by atoms with Crippen LogP contribution in [0.1, 0.15) is 5.69 Å². The van der Waals surface area contributed by atoms with Gasteiger partial charge in [-0.1, -0.05) is 16.4 Å². The SMILES string of the molecule is COc1ccc(-c2noc(-c3nnn(-c4cccc(F)c4)c3C)n2)cc1. The molecule has 0 aliphatic rings. The van der Waals surface area contributed by atoms with Crippen molar-refractivity contribution in [2.75, 3.05) is 7.11 Å². The summed E-state index contributed by atoms with van der Waals surface area (Å²) in [5, 5.41) is 12.2. The van der Waals surface area contributed by atoms with Crippen LogP contribution in [-0.4, -0.2) is 32.2 Å². The average molecular weight is 351 g/mol. The Morgan fingerprint density at radius 1 is 1.12 bits per heavy atom. The summed E-state index contributed by atoms with van der Waals surface area (Å²) in [6.07, 6.45) is 0. The summed E-state index contributed by atoms with van der Waals surface area (Å²) in [4.78, 5) is 4.38. The Labute approximate surface area is 148 Å². The van der Waals surface area contributed by atoms with Crippen LogP contribution in [0.15, 0.2) is 53.1 Å². The molecule has 0 spiro atoms. The normalized spacial score (nSPS) is 10.9. The number of hydrogen-bond donors (Lipinski definition) is 0. The molecule has 0 aliphatic carbocycles. The van der Waals surface area contributed by atoms with Crippen molar-refractivity contribution in [2.45, 2.75) is 6.92 Å². The zero-order chi connectivity index (χ0) is 18.1. The maximum atomic E-state index is 13.4. The lowest BCUT2D eigenvalue weighted by Crippen LogP contribution is -1.99. The molecular formula is C18H14FN5O2. The van der Waals surface area contributed by atoms with Gasteiger partial charge in [-0.3, -0.25) is 0 Å². The predicted octanol–water partition coefficient (Wildman–Crippen LogP) is 3.44. The molecule has 2 heterocycles. The van der Waals surface area contributed by atoms with Crippen LogP contribution in [0.4, 0.5) is 4.39 Å². The lowest BCUT2D eigenvalue weighted by Gasteiger charge is -2.02. The van der Waals surface area contributed by atoms with Crippen LogP contribution in [0.5, 0.6) is 5.75 Å². The first-order chi connectivity index (χ1) is 12.7. The van der Waals surface area contributed by atoms with Gasteiger partial charge in [-0.05, 0) is 49.4 Å². The minimum absolute atomic E-state index is 0.246. The second-order valence-corrected chi connectivity index (χ2v) is 5.57. The van der Waals surface area contributed by atoms with Crippen molar-refractivity contribution in [1.82, 2.24) is 25.1 Å². The first-order valence-corrected chi connectivity index (χ1v) is 7.82. The first-order valence-electron chi connectivity index (χ1n) is 7.82. The molecular weight excluding hydrogens is 337 g/mol. The van der Waals surface area contributed by atoms with Crippen molar-refractivity contribution in [1.29, 1.82) is 0 Å². The van der Waals surface area contributed by atoms with Gasteiger partial charge < -0.3 is 9.26 Å². The zero-order valence-electron chi connectivity index (χ0n) is 14.0. The number of methoxy groups -OCH3 is 1. The van der Waals surface area contributed by atoms with Crippen molar-refractivity contribution in [3.05, 3.63) is 60.0 Å². The van der Waals surface area contributed by atoms with E-state index in [4.69, 9.17) is 9.26 Å². The number of hydrogen-bond acceptors (Lipinski definition) is 6. The highest BCUT2D eigenvalue weighted by atomic mass is 19.1. The molecule has 0 atom stereocenters. The number of nitrogens with zero attached hydrogens (tertiary/aromatic N) is 5. The maximum Gasteiger partial charge on any atom is 0.280 e. The summed E-state index contributed by atoms with van der Waals surface area (Å²) in [5.41, 5.74) is 2.47. The maximum absolute atomic E-state index is 13.4. The molecule has 0 radical (unpaired) electrons. The third-order valence-electron chi connectivity index (χ3n) is 3.92. The van der Waals surface area contributed by atoms with Crippen LogP contribution in [0.25, 0.3) is 28.7 Å². The molecule has 4 rings (SSSR count). The van der Waals surface area contributed by atoms with Gasteiger partial charge in [-0.25, -0.2) is 9.07 Å². The molecule has 130 valence electrons. The number of halogens is 1. The summed E-state index contributed by atoms with van der Waals surface area (Å²) < 4.78 is 25.4. The Morgan fingerprint density at radius 3 is 2.65 bits per heavy atom. The third kappa shape index (κ3) is 2.81. The topological polar surface area (TPSA) is 78.9 Å². The van der Waals surface area contributed by atoms with Crippen molar-refractivity contribution in [3.63, 3.8) is 0 Å². The highest BCUT2D eigenvalue weighted by molar-refractivity contribution is 5.59. The first kappa shape index (κ1) is 15.9. The molecule has 0 aliphatic heterocycles. The minimum Gasteiger partial charge on any atom is -0.497 e. The fourth-order valence-corrected chi connectivity index (χ4v) is 2.56. The Morgan fingerprint density at radius 2 is 1.92 bits per heavy atom. The fraction of sp³-hybridized carbons (Fsp3) is 0.111. The van der Waals surface area contributed by atoms with Gasteiger partial charge in [0.05, 0.1) is 18.5 Å². The third-order valence-corrected chi connectivity index (χ3v) is 3.92. The smallest absolute Gasteiger partial charge is 0.280 e. The van der Waals surface area contributed by atoms with Crippen LogP contribution >= 0.6 is 0 Å². The monoisotopic (exact) mass is 351 g/mol. The highest BCUT2D eigenvalue weighted by Crippen LogP contribution is 2.25. The molecule has 4 aromatic rings. The van der Waals surface area contributed by atoms with Gasteiger partial charge in [0.15, 0.2) is 5.69 Å². The molecule has 0 unspecified atom stereocenters. The largest absolute Gasteiger partial charge is 0.497 e. The lowest BCUT2D eigenvalue weighted by atomic mass is 10.2. The van der Waals surface area contributed by atoms with Crippen LogP contribution in [0, 0.1) is 12.7 Å². The van der Waals surface area contributed by atoms with Gasteiger partial charge in [-0.2, -0.15) is 4.98 Å². The van der Waals surface area contributed by atoms with Gasteiger partial charge in [0.2, 0.25) is 5.82 Å². The Bertz CT molecular complexity index is 1060. The molecule has 0 amide bonds. The summed E-state index contributed by atoms with van der Waals surface area (Å²) >= 11 is 0. The average Bonchev–Trinajstić information content (AvgIpc) is 3.28. The van der Waals surface area contributed by atoms with E-state index in [0.29, 0.717) is 22.9 Å². The molecule has 0 bridgehead atoms. The van der Waals surface area contributed by atoms with Gasteiger partial charge >= 0.3 is 0 Å². The molecule has 0 fully saturated rings. The zero-order valence-corrected chi connectivity index (χ0v) is 14.0. The summed E-state index contributed by atoms with van der Waals surface area (Å²) in [6, 6.07) is 13.4. The molecule has 2 aromatic heterocycles. The fourth-order valence-electron chi connectivity index (χ4n) is 2.56. The number of ether oxygens (including phenoxy) is 1. The molecule has 0 saturated heterocycles. The lowest BCUT2D eigenvalue weighted by molar-refractivity contribution is 0.414. The van der Waals surface area contributed by atoms with E-state index in [2.05, 4.69) is 20.5 Å². The Hall–Kier alpha value is -3.55. The predicted molar refractivity (Wildman–Crippen MR) is 91.3 cm³/mol. The molecule has 0 saturated carbocycles. The van der Waals surface area contributed by atoms with Gasteiger partial charge in [0.25, 0.3) is 5.89 Å². The van der Waals surface area contributed by atoms with Gasteiger partial charge in [0, 0.05) is 5.56 Å². The van der Waals surface area contributed by atoms with Crippen molar-refractivity contribution in [3.8, 4) is 34.4 Å². The Balaban J connectivity index is 1.68. The second kappa shape index (κ2) is 6.40. The number of aromatic nitrogens is 5. The van der Waals surface area contributed by atoms with Crippen molar-refractivity contribution < 1.29 is 13.7 Å². The van der Waals surface area contributed by atoms with E-state index in [9.17, 15) is 4.39 Å². The quantitative estimate of drug-likeness (QED) is 0.560. The van der Waals surface area contributed by atoms with E-state index in [0.717, 1.165) is 11.3 Å². The van der Waals surface area contributed by atoms with Gasteiger partial charge in [-0.15, -0.1) is 5.10 Å². The number of benzene rings is 2. The van der Waals surface area contributed by atoms with Gasteiger partial charge in [0.1, 0.15) is 11.6 Å². The van der Waals surface area contributed by atoms with Crippen LogP contribution in [0.2, 0.25) is 0 Å². The second-order valence-electron chi connectivity index (χ2n) is 5.57. The van der Waals surface area contributed by atoms with E-state index < -0.39 is 0 Å². The molecule has 0 N–H and O–H groups in total. The van der Waals surface area contributed by atoms with Crippen LogP contribution in [0.3, 0.4) is 0 Å². The van der Waals surface area contributed by atoms with Crippen LogP contribution < -0.4 is 4.74 Å². The number of rotatable bonds is 4. The van der Waals surface area contributed by atoms with Crippen molar-refractivity contribution >= 4 is 0 Å². The summed E-state index contributed by atoms with van der Waals surface area (Å²) in [6.45, 7) is 1.80. The van der Waals surface area contributed by atoms with E-state index >= 15 is 0 Å². The van der Waals surface area contributed by atoms with E-state index in [1.807, 2.05) is 24.3 Å². The molecule has 2 aromatic carbocycles. The van der Waals surface area contributed by atoms with E-state index in [1.54, 1.807) is 26.2 Å². The standard InChI is InChI=1S/C18H14FN5O2/c1-11-16(21-23-24(11)14-5-3-4-13(19)10-14)18-20-17(22-26-18)12-6-8-15(25-2)9-7-12/h3-10H,1-2H3. The van der Waals surface area contributed by atoms with Crippen molar-refractivity contribution in [2.24, 2.45) is 0 Å². The molecule has 26 heavy (non-hydrogen) atoms. The molecule has 8 heteroatoms.